The maximum Gasteiger partial charge on any atom is 0.372 e. The van der Waals surface area contributed by atoms with Crippen LogP contribution in [-0.4, -0.2) is 18.3 Å². The number of carbonyl (C=O) groups excluding carboxylic acids is 1. The fourth-order valence-electron chi connectivity index (χ4n) is 2.94. The lowest BCUT2D eigenvalue weighted by atomic mass is 10.1. The van der Waals surface area contributed by atoms with Crippen LogP contribution < -0.4 is 4.74 Å². The number of hydrogen-bond donors (Lipinski definition) is 0. The molecule has 6 heteroatoms. The number of rotatable bonds is 4. The quantitative estimate of drug-likeness (QED) is 0.344. The van der Waals surface area contributed by atoms with Crippen molar-refractivity contribution < 1.29 is 14.4 Å². The summed E-state index contributed by atoms with van der Waals surface area (Å²) >= 11 is 11.9. The summed E-state index contributed by atoms with van der Waals surface area (Å²) in [4.78, 5) is 17.1. The Hall–Kier alpha value is -2.82. The summed E-state index contributed by atoms with van der Waals surface area (Å²) in [6, 6.07) is 20.5. The highest BCUT2D eigenvalue weighted by Gasteiger charge is 2.25. The Morgan fingerprint density at radius 1 is 0.852 bits per heavy atom. The summed E-state index contributed by atoms with van der Waals surface area (Å²) in [5.74, 6) is -0.280. The fourth-order valence-corrected chi connectivity index (χ4v) is 3.41. The Balaban J connectivity index is 1.50. The molecule has 1 aliphatic carbocycles. The number of oxime groups is 1. The number of fused-ring (bicyclic) bond motifs is 3. The molecule has 0 heterocycles. The highest BCUT2D eigenvalue weighted by atomic mass is 35.5. The second-order valence-corrected chi connectivity index (χ2v) is 6.70. The van der Waals surface area contributed by atoms with Gasteiger partial charge in [0.05, 0.1) is 5.02 Å². The van der Waals surface area contributed by atoms with Gasteiger partial charge in [-0.2, -0.15) is 0 Å². The molecule has 0 saturated heterocycles. The van der Waals surface area contributed by atoms with Gasteiger partial charge in [0.25, 0.3) is 0 Å². The minimum atomic E-state index is -0.629. The summed E-state index contributed by atoms with van der Waals surface area (Å²) in [6.45, 7) is -0.318. The molecule has 3 aromatic carbocycles. The highest BCUT2D eigenvalue weighted by Crippen LogP contribution is 2.36. The van der Waals surface area contributed by atoms with E-state index in [-0.39, 0.29) is 6.61 Å². The lowest BCUT2D eigenvalue weighted by Crippen LogP contribution is -2.14. The molecule has 27 heavy (non-hydrogen) atoms. The molecular formula is C21H13Cl2NO3. The normalized spacial score (nSPS) is 11.6. The molecule has 0 radical (unpaired) electrons. The molecule has 3 aromatic rings. The molecule has 0 bridgehead atoms. The molecular weight excluding hydrogens is 385 g/mol. The summed E-state index contributed by atoms with van der Waals surface area (Å²) in [5, 5.41) is 4.89. The van der Waals surface area contributed by atoms with Gasteiger partial charge < -0.3 is 9.57 Å². The summed E-state index contributed by atoms with van der Waals surface area (Å²) in [7, 11) is 0. The number of ether oxygens (including phenoxy) is 1. The standard InChI is InChI=1S/C21H13Cl2NO3/c22-13-9-10-19(18(23)11-13)26-12-20(25)27-24-21-16-7-3-1-5-14(16)15-6-2-4-8-17(15)21/h1-11H,12H2. The first kappa shape index (κ1) is 17.6. The topological polar surface area (TPSA) is 47.9 Å². The number of benzene rings is 3. The van der Waals surface area contributed by atoms with Gasteiger partial charge in [-0.05, 0) is 29.3 Å². The van der Waals surface area contributed by atoms with Crippen LogP contribution in [0.15, 0.2) is 71.9 Å². The van der Waals surface area contributed by atoms with Crippen LogP contribution in [0.3, 0.4) is 0 Å². The van der Waals surface area contributed by atoms with E-state index in [0.717, 1.165) is 22.3 Å². The van der Waals surface area contributed by atoms with E-state index in [1.807, 2.05) is 48.5 Å². The molecule has 0 N–H and O–H groups in total. The van der Waals surface area contributed by atoms with E-state index in [0.29, 0.717) is 21.5 Å². The lowest BCUT2D eigenvalue weighted by Gasteiger charge is -2.07. The third-order valence-electron chi connectivity index (χ3n) is 4.13. The van der Waals surface area contributed by atoms with E-state index in [4.69, 9.17) is 32.8 Å². The largest absolute Gasteiger partial charge is 0.480 e. The second kappa shape index (κ2) is 7.43. The molecule has 0 saturated carbocycles. The lowest BCUT2D eigenvalue weighted by molar-refractivity contribution is -0.146. The second-order valence-electron chi connectivity index (χ2n) is 5.86. The van der Waals surface area contributed by atoms with Crippen molar-refractivity contribution in [3.05, 3.63) is 87.9 Å². The van der Waals surface area contributed by atoms with Crippen molar-refractivity contribution in [1.29, 1.82) is 0 Å². The zero-order valence-corrected chi connectivity index (χ0v) is 15.5. The van der Waals surface area contributed by atoms with Gasteiger partial charge in [-0.25, -0.2) is 4.79 Å². The maximum absolute atomic E-state index is 12.1. The van der Waals surface area contributed by atoms with Crippen LogP contribution in [0.4, 0.5) is 0 Å². The maximum atomic E-state index is 12.1. The number of carbonyl (C=O) groups is 1. The van der Waals surface area contributed by atoms with Crippen LogP contribution >= 0.6 is 23.2 Å². The van der Waals surface area contributed by atoms with E-state index in [9.17, 15) is 4.79 Å². The van der Waals surface area contributed by atoms with Crippen molar-refractivity contribution in [2.24, 2.45) is 5.16 Å². The fraction of sp³-hybridized carbons (Fsp3) is 0.0476. The van der Waals surface area contributed by atoms with E-state index in [1.54, 1.807) is 12.1 Å². The molecule has 0 atom stereocenters. The van der Waals surface area contributed by atoms with Gasteiger partial charge >= 0.3 is 5.97 Å². The first-order valence-electron chi connectivity index (χ1n) is 8.18. The molecule has 0 aliphatic heterocycles. The first-order valence-corrected chi connectivity index (χ1v) is 8.94. The Morgan fingerprint density at radius 2 is 1.44 bits per heavy atom. The SMILES string of the molecule is O=C(COc1ccc(Cl)cc1Cl)ON=C1c2ccccc2-c2ccccc21. The van der Waals surface area contributed by atoms with Gasteiger partial charge in [-0.3, -0.25) is 0 Å². The summed E-state index contributed by atoms with van der Waals surface area (Å²) in [6.07, 6.45) is 0. The Kier molecular flexibility index (Phi) is 4.84. The summed E-state index contributed by atoms with van der Waals surface area (Å²) < 4.78 is 5.37. The van der Waals surface area contributed by atoms with Crippen molar-refractivity contribution in [3.63, 3.8) is 0 Å². The van der Waals surface area contributed by atoms with Crippen LogP contribution in [0.2, 0.25) is 10.0 Å². The average molecular weight is 398 g/mol. The zero-order valence-electron chi connectivity index (χ0n) is 14.0. The van der Waals surface area contributed by atoms with Crippen LogP contribution in [0.25, 0.3) is 11.1 Å². The molecule has 4 rings (SSSR count). The van der Waals surface area contributed by atoms with Crippen molar-refractivity contribution in [1.82, 2.24) is 0 Å². The zero-order chi connectivity index (χ0) is 18.8. The van der Waals surface area contributed by atoms with E-state index in [1.165, 1.54) is 6.07 Å². The van der Waals surface area contributed by atoms with Crippen LogP contribution in [0.1, 0.15) is 11.1 Å². The molecule has 0 spiro atoms. The molecule has 4 nitrogen and oxygen atoms in total. The van der Waals surface area contributed by atoms with E-state index >= 15 is 0 Å². The van der Waals surface area contributed by atoms with Crippen molar-refractivity contribution in [2.45, 2.75) is 0 Å². The number of hydrogen-bond acceptors (Lipinski definition) is 4. The number of halogens is 2. The predicted octanol–water partition coefficient (Wildman–Crippen LogP) is 5.35. The molecule has 134 valence electrons. The monoisotopic (exact) mass is 397 g/mol. The van der Waals surface area contributed by atoms with Gasteiger partial charge in [0.1, 0.15) is 11.5 Å². The highest BCUT2D eigenvalue weighted by molar-refractivity contribution is 6.35. The molecule has 0 fully saturated rings. The molecule has 0 amide bonds. The van der Waals surface area contributed by atoms with Gasteiger partial charge in [0.2, 0.25) is 0 Å². The average Bonchev–Trinajstić information content (AvgIpc) is 3.00. The van der Waals surface area contributed by atoms with Gasteiger partial charge in [-0.15, -0.1) is 0 Å². The van der Waals surface area contributed by atoms with Gasteiger partial charge in [-0.1, -0.05) is 76.9 Å². The van der Waals surface area contributed by atoms with Crippen LogP contribution in [-0.2, 0) is 9.63 Å². The van der Waals surface area contributed by atoms with Gasteiger partial charge in [0.15, 0.2) is 6.61 Å². The van der Waals surface area contributed by atoms with Gasteiger partial charge in [0, 0.05) is 16.1 Å². The van der Waals surface area contributed by atoms with Crippen LogP contribution in [0.5, 0.6) is 5.75 Å². The number of nitrogens with zero attached hydrogens (tertiary/aromatic N) is 1. The van der Waals surface area contributed by atoms with Crippen molar-refractivity contribution >= 4 is 34.9 Å². The third-order valence-corrected chi connectivity index (χ3v) is 4.66. The molecule has 0 unspecified atom stereocenters. The van der Waals surface area contributed by atoms with Crippen LogP contribution in [0, 0.1) is 0 Å². The first-order chi connectivity index (χ1) is 13.1. The summed E-state index contributed by atoms with van der Waals surface area (Å²) in [5.41, 5.74) is 4.60. The van der Waals surface area contributed by atoms with Crippen molar-refractivity contribution in [2.75, 3.05) is 6.61 Å². The van der Waals surface area contributed by atoms with E-state index < -0.39 is 5.97 Å². The predicted molar refractivity (Wildman–Crippen MR) is 106 cm³/mol. The third kappa shape index (κ3) is 3.54. The minimum absolute atomic E-state index is 0.318. The Morgan fingerprint density at radius 3 is 2.04 bits per heavy atom. The Bertz CT molecular complexity index is 1020. The minimum Gasteiger partial charge on any atom is -0.480 e. The Labute approximate surface area is 165 Å². The molecule has 1 aliphatic rings. The van der Waals surface area contributed by atoms with E-state index in [2.05, 4.69) is 5.16 Å². The molecule has 0 aromatic heterocycles. The smallest absolute Gasteiger partial charge is 0.372 e. The van der Waals surface area contributed by atoms with Crippen molar-refractivity contribution in [3.8, 4) is 16.9 Å².